The Morgan fingerprint density at radius 2 is 0.957 bits per heavy atom. The van der Waals surface area contributed by atoms with Crippen molar-refractivity contribution in [2.24, 2.45) is 11.6 Å². The lowest BCUT2D eigenvalue weighted by atomic mass is 10.0. The van der Waals surface area contributed by atoms with Gasteiger partial charge in [-0.25, -0.2) is 9.59 Å². The van der Waals surface area contributed by atoms with Crippen LogP contribution in [0.4, 0.5) is 4.79 Å². The number of halogens is 3. The highest BCUT2D eigenvalue weighted by molar-refractivity contribution is 6.67. The van der Waals surface area contributed by atoms with E-state index in [0.717, 1.165) is 64.2 Å². The van der Waals surface area contributed by atoms with Gasteiger partial charge in [0, 0.05) is 70.3 Å². The van der Waals surface area contributed by atoms with E-state index >= 15 is 0 Å². The van der Waals surface area contributed by atoms with Crippen molar-refractivity contribution in [2.45, 2.75) is 144 Å². The second kappa shape index (κ2) is 38.4. The smallest absolute Gasteiger partial charge is 0.407 e. The Hall–Kier alpha value is -4.32. The predicted molar refractivity (Wildman–Crippen MR) is 255 cm³/mol. The van der Waals surface area contributed by atoms with Crippen LogP contribution in [0, 0.1) is 0 Å². The first kappa shape index (κ1) is 62.7. The number of hydrogen-bond acceptors (Lipinski definition) is 16. The van der Waals surface area contributed by atoms with Gasteiger partial charge in [-0.3, -0.25) is 24.0 Å². The molecule has 22 nitrogen and oxygen atoms in total. The second-order valence-electron chi connectivity index (χ2n) is 16.4. The lowest BCUT2D eigenvalue weighted by molar-refractivity contribution is -0.146. The summed E-state index contributed by atoms with van der Waals surface area (Å²) in [6, 6.07) is 2.40. The Balaban J connectivity index is 2.66. The molecule has 10 N–H and O–H groups in total. The summed E-state index contributed by atoms with van der Waals surface area (Å²) in [5.74, 6) is 1.68. The molecular formula is C44H74Cl3N7O15. The number of carbonyl (C=O) groups is 7. The van der Waals surface area contributed by atoms with E-state index in [2.05, 4.69) is 26.1 Å². The molecule has 0 aliphatic rings. The van der Waals surface area contributed by atoms with Gasteiger partial charge < -0.3 is 65.8 Å². The quantitative estimate of drug-likeness (QED) is 0.0259. The van der Waals surface area contributed by atoms with Crippen molar-refractivity contribution in [1.29, 1.82) is 0 Å². The van der Waals surface area contributed by atoms with Crippen LogP contribution in [0.3, 0.4) is 0 Å². The van der Waals surface area contributed by atoms with E-state index in [1.165, 1.54) is 12.1 Å². The summed E-state index contributed by atoms with van der Waals surface area (Å²) in [7, 11) is 0. The number of hydrogen-bond donors (Lipinski definition) is 8. The molecule has 5 amide bonds. The summed E-state index contributed by atoms with van der Waals surface area (Å²) in [4.78, 5) is 94.0. The zero-order chi connectivity index (χ0) is 51.2. The van der Waals surface area contributed by atoms with Crippen molar-refractivity contribution in [1.82, 2.24) is 26.0 Å². The summed E-state index contributed by atoms with van der Waals surface area (Å²) < 4.78 is 21.5. The van der Waals surface area contributed by atoms with Gasteiger partial charge in [-0.05, 0) is 38.5 Å². The molecule has 0 spiro atoms. The maximum Gasteiger partial charge on any atom is 0.407 e. The van der Waals surface area contributed by atoms with Gasteiger partial charge in [0.25, 0.3) is 0 Å². The van der Waals surface area contributed by atoms with Crippen molar-refractivity contribution >= 4 is 76.5 Å². The van der Waals surface area contributed by atoms with Crippen molar-refractivity contribution in [2.75, 3.05) is 65.9 Å². The Labute approximate surface area is 419 Å². The van der Waals surface area contributed by atoms with Gasteiger partial charge in [-0.15, -0.1) is 4.73 Å². The second-order valence-corrected chi connectivity index (χ2v) is 18.9. The lowest BCUT2D eigenvalue weighted by Gasteiger charge is -2.34. The molecule has 0 saturated heterocycles. The predicted octanol–water partition coefficient (Wildman–Crippen LogP) is 4.18. The van der Waals surface area contributed by atoms with Crippen LogP contribution in [0.1, 0.15) is 135 Å². The number of aromatic nitrogens is 1. The number of alkyl halides is 3. The van der Waals surface area contributed by atoms with Gasteiger partial charge in [0.05, 0.1) is 39.6 Å². The maximum absolute atomic E-state index is 13.4. The number of nitrogens with two attached hydrogens (primary N) is 2. The highest BCUT2D eigenvalue weighted by Gasteiger charge is 2.34. The summed E-state index contributed by atoms with van der Waals surface area (Å²) >= 11 is 16.8. The Morgan fingerprint density at radius 3 is 1.42 bits per heavy atom. The van der Waals surface area contributed by atoms with Crippen molar-refractivity contribution < 1.29 is 72.4 Å². The van der Waals surface area contributed by atoms with Crippen LogP contribution in [0.2, 0.25) is 0 Å². The molecule has 396 valence electrons. The number of nitrogens with zero attached hydrogens (tertiary/aromatic N) is 1. The largest absolute Gasteiger partial charge is 0.492 e. The maximum atomic E-state index is 13.4. The van der Waals surface area contributed by atoms with Gasteiger partial charge in [-0.1, -0.05) is 92.6 Å². The number of primary amides is 1. The molecular weight excluding hydrogens is 973 g/mol. The van der Waals surface area contributed by atoms with E-state index in [0.29, 0.717) is 56.5 Å². The minimum absolute atomic E-state index is 0.00152. The number of amides is 5. The number of alkyl carbamates (subject to hydrolysis) is 1. The molecule has 1 heterocycles. The molecule has 0 aliphatic heterocycles. The normalized spacial score (nSPS) is 12.1. The summed E-state index contributed by atoms with van der Waals surface area (Å²) in [5, 5.41) is 30.5. The molecule has 0 radical (unpaired) electrons. The van der Waals surface area contributed by atoms with Gasteiger partial charge in [0.15, 0.2) is 0 Å². The average Bonchev–Trinajstić information content (AvgIpc) is 3.61. The van der Waals surface area contributed by atoms with Crippen LogP contribution >= 0.6 is 34.8 Å². The Morgan fingerprint density at radius 1 is 0.536 bits per heavy atom. The fourth-order valence-corrected chi connectivity index (χ4v) is 6.57. The van der Waals surface area contributed by atoms with Gasteiger partial charge in [-0.2, -0.15) is 5.90 Å². The van der Waals surface area contributed by atoms with Crippen LogP contribution in [-0.2, 0) is 52.6 Å². The van der Waals surface area contributed by atoms with Crippen LogP contribution in [-0.4, -0.2) is 132 Å². The topological polar surface area (TPSA) is 320 Å². The van der Waals surface area contributed by atoms with E-state index < -0.39 is 33.3 Å². The van der Waals surface area contributed by atoms with Crippen LogP contribution in [0.25, 0.3) is 0 Å². The first-order chi connectivity index (χ1) is 32.9. The molecule has 69 heavy (non-hydrogen) atoms. The fourth-order valence-electron chi connectivity index (χ4n) is 6.41. The van der Waals surface area contributed by atoms with Crippen LogP contribution in [0.5, 0.6) is 11.8 Å². The minimum atomic E-state index is -1.70. The van der Waals surface area contributed by atoms with Crippen LogP contribution < -0.4 is 37.7 Å². The number of ether oxygens (including phenoxy) is 4. The van der Waals surface area contributed by atoms with E-state index in [1.807, 2.05) is 0 Å². The monoisotopic (exact) mass is 1050 g/mol. The first-order valence-corrected chi connectivity index (χ1v) is 24.6. The van der Waals surface area contributed by atoms with Gasteiger partial charge in [0.2, 0.25) is 39.2 Å². The number of aromatic hydroxyl groups is 2. The zero-order valence-corrected chi connectivity index (χ0v) is 41.8. The van der Waals surface area contributed by atoms with Gasteiger partial charge in [0.1, 0.15) is 12.1 Å². The Kier molecular flexibility index (Phi) is 34.9. The van der Waals surface area contributed by atoms with Crippen molar-refractivity contribution in [3.8, 4) is 11.8 Å². The summed E-state index contributed by atoms with van der Waals surface area (Å²) in [5.41, 5.74) is 4.05. The van der Waals surface area contributed by atoms with Crippen molar-refractivity contribution in [3.63, 3.8) is 0 Å². The molecule has 1 aromatic heterocycles. The lowest BCUT2D eigenvalue weighted by Crippen LogP contribution is -2.58. The molecule has 25 heteroatoms. The van der Waals surface area contributed by atoms with E-state index in [-0.39, 0.29) is 114 Å². The third-order valence-corrected chi connectivity index (χ3v) is 10.4. The van der Waals surface area contributed by atoms with Crippen molar-refractivity contribution in [3.05, 3.63) is 12.1 Å². The number of rotatable bonds is 42. The van der Waals surface area contributed by atoms with E-state index in [1.54, 1.807) is 0 Å². The Bertz CT molecular complexity index is 1640. The molecule has 1 atom stereocenters. The van der Waals surface area contributed by atoms with Crippen LogP contribution in [0.15, 0.2) is 12.1 Å². The summed E-state index contributed by atoms with van der Waals surface area (Å²) in [6.07, 6.45) is 11.0. The zero-order valence-electron chi connectivity index (χ0n) is 39.5. The highest BCUT2D eigenvalue weighted by atomic mass is 35.6. The first-order valence-electron chi connectivity index (χ1n) is 23.5. The molecule has 1 unspecified atom stereocenters. The third-order valence-electron chi connectivity index (χ3n) is 10.1. The molecule has 0 aliphatic carbocycles. The standard InChI is InChI=1S/C44H74Cl3N7O15/c45-44(46,47)33-67-42(63)52-26-15-9-1-4-10-16-37(58)53-43(30-64-27-21-34(48)55,31-65-28-22-35(56)50-24-13-7-2-5-11-17-40(61)68-49)32-66-29-23-36(57)51-25-14-8-3-6-12-18-41(62)69-54-38(59)19-20-39(54)60/h19-20,59-60H,1-18,21-33,49H2,(H2,48,55)(H,50,56)(H,51,57)(H,52,63)(H,53,58). The number of carbonyl (C=O) groups excluding carboxylic acids is 7. The SMILES string of the molecule is NOC(=O)CCCCCCCNC(=O)CCOCC(COCCC(N)=O)(COCCC(=O)NCCCCCCCC(=O)On1c(O)ccc1O)NC(=O)CCCCCCCNC(=O)OCC(Cl)(Cl)Cl. The molecule has 1 rings (SSSR count). The molecule has 0 aromatic carbocycles. The molecule has 1 aromatic rings. The van der Waals surface area contributed by atoms with E-state index in [4.69, 9.17) is 70.2 Å². The van der Waals surface area contributed by atoms with E-state index in [9.17, 15) is 43.8 Å². The highest BCUT2D eigenvalue weighted by Crippen LogP contribution is 2.26. The minimum Gasteiger partial charge on any atom is -0.492 e. The summed E-state index contributed by atoms with van der Waals surface area (Å²) in [6.45, 7) is 0.499. The average molecular weight is 1050 g/mol. The fraction of sp³-hybridized carbons (Fsp3) is 0.750. The molecule has 0 saturated carbocycles. The molecule has 0 bridgehead atoms. The molecule has 0 fully saturated rings. The number of unbranched alkanes of at least 4 members (excludes halogenated alkanes) is 12. The number of nitrogens with one attached hydrogen (secondary N) is 4. The third kappa shape index (κ3) is 35.4. The van der Waals surface area contributed by atoms with Gasteiger partial charge >= 0.3 is 18.0 Å².